The highest BCUT2D eigenvalue weighted by Gasteiger charge is 2.02. The zero-order valence-corrected chi connectivity index (χ0v) is 9.43. The Morgan fingerprint density at radius 3 is 2.60 bits per heavy atom. The maximum absolute atomic E-state index is 11.3. The van der Waals surface area contributed by atoms with E-state index in [4.69, 9.17) is 11.6 Å². The van der Waals surface area contributed by atoms with Gasteiger partial charge in [0.2, 0.25) is 0 Å². The Morgan fingerprint density at radius 1 is 1.33 bits per heavy atom. The molecule has 3 nitrogen and oxygen atoms in total. The molecular weight excluding hydrogens is 212 g/mol. The van der Waals surface area contributed by atoms with Crippen molar-refractivity contribution >= 4 is 23.3 Å². The zero-order chi connectivity index (χ0) is 11.3. The van der Waals surface area contributed by atoms with Gasteiger partial charge in [-0.15, -0.1) is 0 Å². The number of anilines is 1. The molecule has 0 unspecified atom stereocenters. The van der Waals surface area contributed by atoms with Crippen molar-refractivity contribution in [2.75, 3.05) is 5.32 Å². The van der Waals surface area contributed by atoms with Crippen LogP contribution in [-0.4, -0.2) is 6.03 Å². The fourth-order valence-electron chi connectivity index (χ4n) is 0.931. The molecule has 0 aliphatic carbocycles. The monoisotopic (exact) mass is 224 g/mol. The lowest BCUT2D eigenvalue weighted by Crippen LogP contribution is -2.24. The zero-order valence-electron chi connectivity index (χ0n) is 8.67. The van der Waals surface area contributed by atoms with Crippen molar-refractivity contribution in [2.24, 2.45) is 0 Å². The molecule has 2 N–H and O–H groups in total. The summed E-state index contributed by atoms with van der Waals surface area (Å²) >= 11 is 5.87. The smallest absolute Gasteiger partial charge is 0.314 e. The van der Waals surface area contributed by atoms with Crippen molar-refractivity contribution in [1.82, 2.24) is 5.32 Å². The number of carbonyl (C=O) groups is 1. The third-order valence-electron chi connectivity index (χ3n) is 1.61. The van der Waals surface area contributed by atoms with Gasteiger partial charge in [0.1, 0.15) is 0 Å². The second-order valence-electron chi connectivity index (χ2n) is 3.30. The van der Waals surface area contributed by atoms with Crippen molar-refractivity contribution < 1.29 is 4.79 Å². The minimum Gasteiger partial charge on any atom is -0.314 e. The Labute approximate surface area is 94.1 Å². The molecule has 0 aliphatic rings. The average Bonchev–Trinajstić information content (AvgIpc) is 2.18. The van der Waals surface area contributed by atoms with Crippen molar-refractivity contribution in [3.63, 3.8) is 0 Å². The minimum atomic E-state index is -0.302. The molecule has 0 atom stereocenters. The molecule has 2 amide bonds. The van der Waals surface area contributed by atoms with Crippen molar-refractivity contribution in [3.8, 4) is 0 Å². The standard InChI is InChI=1S/C11H13ClN2O/c1-8(2)7-13-11(15)14-10-6-4-3-5-9(10)12/h3-7H,1-2H3,(H2,13,14,15). The third-order valence-corrected chi connectivity index (χ3v) is 1.94. The number of hydrogen-bond acceptors (Lipinski definition) is 1. The van der Waals surface area contributed by atoms with E-state index < -0.39 is 0 Å². The summed E-state index contributed by atoms with van der Waals surface area (Å²) in [6.07, 6.45) is 1.63. The molecule has 0 aromatic heterocycles. The number of allylic oxidation sites excluding steroid dienone is 1. The minimum absolute atomic E-state index is 0.302. The lowest BCUT2D eigenvalue weighted by atomic mass is 10.3. The van der Waals surface area contributed by atoms with Gasteiger partial charge in [0.25, 0.3) is 0 Å². The van der Waals surface area contributed by atoms with Crippen LogP contribution in [0, 0.1) is 0 Å². The molecular formula is C11H13ClN2O. The highest BCUT2D eigenvalue weighted by atomic mass is 35.5. The second-order valence-corrected chi connectivity index (χ2v) is 3.71. The third kappa shape index (κ3) is 4.04. The van der Waals surface area contributed by atoms with Gasteiger partial charge >= 0.3 is 6.03 Å². The van der Waals surface area contributed by atoms with Crippen LogP contribution in [0.4, 0.5) is 10.5 Å². The summed E-state index contributed by atoms with van der Waals surface area (Å²) in [6, 6.07) is 6.77. The molecule has 1 rings (SSSR count). The van der Waals surface area contributed by atoms with Crippen molar-refractivity contribution in [3.05, 3.63) is 41.1 Å². The van der Waals surface area contributed by atoms with Gasteiger partial charge in [0, 0.05) is 6.20 Å². The second kappa shape index (κ2) is 5.41. The van der Waals surface area contributed by atoms with Gasteiger partial charge in [-0.05, 0) is 26.0 Å². The highest BCUT2D eigenvalue weighted by molar-refractivity contribution is 6.33. The van der Waals surface area contributed by atoms with Crippen LogP contribution in [0.25, 0.3) is 0 Å². The summed E-state index contributed by atoms with van der Waals surface area (Å²) < 4.78 is 0. The number of para-hydroxylation sites is 1. The SMILES string of the molecule is CC(C)=CNC(=O)Nc1ccccc1Cl. The van der Waals surface area contributed by atoms with Crippen LogP contribution in [0.3, 0.4) is 0 Å². The Hall–Kier alpha value is -1.48. The predicted molar refractivity (Wildman–Crippen MR) is 63.0 cm³/mol. The number of nitrogens with one attached hydrogen (secondary N) is 2. The van der Waals surface area contributed by atoms with Crippen LogP contribution in [0.2, 0.25) is 5.02 Å². The van der Waals surface area contributed by atoms with E-state index in [9.17, 15) is 4.79 Å². The van der Waals surface area contributed by atoms with E-state index in [0.717, 1.165) is 5.57 Å². The Kier molecular flexibility index (Phi) is 4.18. The van der Waals surface area contributed by atoms with Crippen LogP contribution < -0.4 is 10.6 Å². The Bertz CT molecular complexity index is 384. The lowest BCUT2D eigenvalue weighted by Gasteiger charge is -2.06. The molecule has 1 aromatic rings. The summed E-state index contributed by atoms with van der Waals surface area (Å²) in [5.74, 6) is 0. The number of urea groups is 1. The maximum atomic E-state index is 11.3. The molecule has 4 heteroatoms. The molecule has 0 radical (unpaired) electrons. The number of rotatable bonds is 2. The van der Waals surface area contributed by atoms with Crippen molar-refractivity contribution in [1.29, 1.82) is 0 Å². The molecule has 0 saturated carbocycles. The first-order chi connectivity index (χ1) is 7.09. The first-order valence-corrected chi connectivity index (χ1v) is 4.93. The maximum Gasteiger partial charge on any atom is 0.323 e. The van der Waals surface area contributed by atoms with E-state index in [0.29, 0.717) is 10.7 Å². The van der Waals surface area contributed by atoms with Gasteiger partial charge in [-0.2, -0.15) is 0 Å². The molecule has 0 fully saturated rings. The molecule has 0 bridgehead atoms. The molecule has 1 aromatic carbocycles. The largest absolute Gasteiger partial charge is 0.323 e. The van der Waals surface area contributed by atoms with Crippen LogP contribution >= 0.6 is 11.6 Å². The van der Waals surface area contributed by atoms with Gasteiger partial charge in [-0.25, -0.2) is 4.79 Å². The molecule has 0 saturated heterocycles. The Balaban J connectivity index is 2.59. The van der Waals surface area contributed by atoms with E-state index in [1.54, 1.807) is 18.3 Å². The van der Waals surface area contributed by atoms with E-state index in [1.807, 2.05) is 26.0 Å². The summed E-state index contributed by atoms with van der Waals surface area (Å²) in [6.45, 7) is 3.80. The number of benzene rings is 1. The van der Waals surface area contributed by atoms with Crippen LogP contribution in [0.5, 0.6) is 0 Å². The van der Waals surface area contributed by atoms with Gasteiger partial charge in [-0.1, -0.05) is 29.3 Å². The Morgan fingerprint density at radius 2 is 2.00 bits per heavy atom. The fraction of sp³-hybridized carbons (Fsp3) is 0.182. The first kappa shape index (κ1) is 11.6. The quantitative estimate of drug-likeness (QED) is 0.795. The number of carbonyl (C=O) groups excluding carboxylic acids is 1. The number of amides is 2. The van der Waals surface area contributed by atoms with Gasteiger partial charge in [0.15, 0.2) is 0 Å². The number of halogens is 1. The molecule has 0 heterocycles. The predicted octanol–water partition coefficient (Wildman–Crippen LogP) is 3.39. The normalized spacial score (nSPS) is 9.27. The summed E-state index contributed by atoms with van der Waals surface area (Å²) in [5.41, 5.74) is 1.61. The summed E-state index contributed by atoms with van der Waals surface area (Å²) in [4.78, 5) is 11.3. The molecule has 0 aliphatic heterocycles. The van der Waals surface area contributed by atoms with E-state index in [-0.39, 0.29) is 6.03 Å². The van der Waals surface area contributed by atoms with E-state index in [2.05, 4.69) is 10.6 Å². The first-order valence-electron chi connectivity index (χ1n) is 4.55. The average molecular weight is 225 g/mol. The van der Waals surface area contributed by atoms with Gasteiger partial charge in [-0.3, -0.25) is 0 Å². The molecule has 80 valence electrons. The summed E-state index contributed by atoms with van der Waals surface area (Å²) in [5, 5.41) is 5.74. The topological polar surface area (TPSA) is 41.1 Å². The number of hydrogen-bond donors (Lipinski definition) is 2. The van der Waals surface area contributed by atoms with E-state index in [1.165, 1.54) is 0 Å². The van der Waals surface area contributed by atoms with Crippen LogP contribution in [0.1, 0.15) is 13.8 Å². The summed E-state index contributed by atoms with van der Waals surface area (Å²) in [7, 11) is 0. The van der Waals surface area contributed by atoms with Crippen LogP contribution in [0.15, 0.2) is 36.0 Å². The molecule has 0 spiro atoms. The van der Waals surface area contributed by atoms with Gasteiger partial charge < -0.3 is 10.6 Å². The van der Waals surface area contributed by atoms with Gasteiger partial charge in [0.05, 0.1) is 10.7 Å². The van der Waals surface area contributed by atoms with E-state index >= 15 is 0 Å². The lowest BCUT2D eigenvalue weighted by molar-refractivity contribution is 0.255. The molecule has 15 heavy (non-hydrogen) atoms. The van der Waals surface area contributed by atoms with Crippen molar-refractivity contribution in [2.45, 2.75) is 13.8 Å². The van der Waals surface area contributed by atoms with Crippen LogP contribution in [-0.2, 0) is 0 Å². The highest BCUT2D eigenvalue weighted by Crippen LogP contribution is 2.19. The fourth-order valence-corrected chi connectivity index (χ4v) is 1.11.